The van der Waals surface area contributed by atoms with Gasteiger partial charge in [0.15, 0.2) is 5.96 Å². The van der Waals surface area contributed by atoms with Gasteiger partial charge >= 0.3 is 0 Å². The molecule has 0 saturated heterocycles. The molecule has 1 rings (SSSR count). The molecule has 0 spiro atoms. The van der Waals surface area contributed by atoms with Gasteiger partial charge in [0.1, 0.15) is 36.3 Å². The third-order valence-electron chi connectivity index (χ3n) is 9.66. The Hall–Kier alpha value is -5.81. The third-order valence-corrected chi connectivity index (χ3v) is 9.66. The second-order valence-electron chi connectivity index (χ2n) is 15.0. The van der Waals surface area contributed by atoms with Gasteiger partial charge in [-0.2, -0.15) is 5.26 Å². The summed E-state index contributed by atoms with van der Waals surface area (Å²) < 4.78 is 0. The van der Waals surface area contributed by atoms with Crippen LogP contribution in [0.4, 0.5) is 0 Å². The lowest BCUT2D eigenvalue weighted by molar-refractivity contribution is -0.135. The maximum Gasteiger partial charge on any atom is 0.243 e. The average molecular weight is 829 g/mol. The maximum atomic E-state index is 13.9. The number of hydrogen-bond acceptors (Lipinski definition) is 11. The normalized spacial score (nSPS) is 15.0. The largest absolute Gasteiger partial charge is 0.394 e. The van der Waals surface area contributed by atoms with Gasteiger partial charge in [0.2, 0.25) is 41.4 Å². The number of benzene rings is 1. The van der Waals surface area contributed by atoms with E-state index in [1.54, 1.807) is 45.0 Å². The van der Waals surface area contributed by atoms with Gasteiger partial charge in [-0.15, -0.1) is 0 Å². The summed E-state index contributed by atoms with van der Waals surface area (Å²) in [5, 5.41) is 34.1. The Balaban J connectivity index is 3.30. The zero-order valence-electron chi connectivity index (χ0n) is 34.9. The quantitative estimate of drug-likeness (QED) is 0.0265. The number of guanidine groups is 1. The molecule has 0 fully saturated rings. The Bertz CT molecular complexity index is 1640. The van der Waals surface area contributed by atoms with Gasteiger partial charge in [-0.3, -0.25) is 38.6 Å². The van der Waals surface area contributed by atoms with Crippen LogP contribution in [0, 0.1) is 29.1 Å². The molecule has 0 saturated carbocycles. The van der Waals surface area contributed by atoms with Crippen LogP contribution in [0.2, 0.25) is 0 Å². The summed E-state index contributed by atoms with van der Waals surface area (Å²) in [5.41, 5.74) is 23.1. The molecule has 59 heavy (non-hydrogen) atoms. The Morgan fingerprint density at radius 3 is 1.81 bits per heavy atom. The number of carbonyl (C=O) groups is 7. The van der Waals surface area contributed by atoms with E-state index in [2.05, 4.69) is 36.9 Å². The highest BCUT2D eigenvalue weighted by Gasteiger charge is 2.33. The molecule has 0 aliphatic carbocycles. The molecule has 0 aliphatic rings. The molecular formula is C39H64N12O8. The fraction of sp³-hybridized carbons (Fsp3) is 0.615. The number of aliphatic imine (C=N–C) groups is 1. The van der Waals surface area contributed by atoms with Crippen molar-refractivity contribution in [1.82, 2.24) is 31.9 Å². The summed E-state index contributed by atoms with van der Waals surface area (Å²) >= 11 is 0. The first-order valence-electron chi connectivity index (χ1n) is 19.8. The van der Waals surface area contributed by atoms with E-state index in [4.69, 9.17) is 22.9 Å². The number of primary amides is 1. The molecule has 1 aromatic rings. The molecule has 20 heteroatoms. The number of aliphatic hydroxyl groups is 1. The van der Waals surface area contributed by atoms with E-state index in [1.807, 2.05) is 26.8 Å². The molecule has 328 valence electrons. The number of nitrogens with zero attached hydrogens (tertiary/aromatic N) is 2. The van der Waals surface area contributed by atoms with Crippen molar-refractivity contribution >= 4 is 47.3 Å². The number of nitrogens with one attached hydrogen (secondary N) is 6. The van der Waals surface area contributed by atoms with Crippen molar-refractivity contribution in [3.63, 3.8) is 0 Å². The number of carbonyl (C=O) groups excluding carboxylic acids is 7. The highest BCUT2D eigenvalue weighted by atomic mass is 16.3. The highest BCUT2D eigenvalue weighted by molar-refractivity contribution is 5.96. The summed E-state index contributed by atoms with van der Waals surface area (Å²) in [6.45, 7) is 9.61. The van der Waals surface area contributed by atoms with Crippen molar-refractivity contribution in [2.24, 2.45) is 45.7 Å². The fourth-order valence-corrected chi connectivity index (χ4v) is 5.73. The molecular weight excluding hydrogens is 765 g/mol. The summed E-state index contributed by atoms with van der Waals surface area (Å²) in [6.07, 6.45) is 1.33. The second kappa shape index (κ2) is 26.2. The number of nitriles is 1. The molecule has 7 amide bonds. The van der Waals surface area contributed by atoms with Gasteiger partial charge in [-0.25, -0.2) is 0 Å². The van der Waals surface area contributed by atoms with Gasteiger partial charge in [0.25, 0.3) is 0 Å². The Labute approximate surface area is 345 Å². The summed E-state index contributed by atoms with van der Waals surface area (Å²) in [7, 11) is 0. The molecule has 15 N–H and O–H groups in total. The number of nitrogens with two attached hydrogens (primary N) is 4. The minimum Gasteiger partial charge on any atom is -0.394 e. The number of hydrogen-bond donors (Lipinski definition) is 11. The smallest absolute Gasteiger partial charge is 0.243 e. The zero-order chi connectivity index (χ0) is 44.8. The van der Waals surface area contributed by atoms with Gasteiger partial charge in [-0.1, -0.05) is 66.5 Å². The lowest BCUT2D eigenvalue weighted by atomic mass is 9.96. The minimum atomic E-state index is -1.26. The molecule has 8 atom stereocenters. The number of aliphatic hydroxyl groups excluding tert-OH is 1. The number of amides is 7. The first kappa shape index (κ1) is 51.2. The van der Waals surface area contributed by atoms with Crippen molar-refractivity contribution < 1.29 is 38.7 Å². The minimum absolute atomic E-state index is 0.00126. The topological polar surface area (TPSA) is 352 Å². The highest BCUT2D eigenvalue weighted by Crippen LogP contribution is 2.13. The van der Waals surface area contributed by atoms with Crippen molar-refractivity contribution in [1.29, 1.82) is 5.26 Å². The van der Waals surface area contributed by atoms with Crippen LogP contribution in [-0.4, -0.2) is 108 Å². The van der Waals surface area contributed by atoms with Crippen LogP contribution in [0.5, 0.6) is 0 Å². The fourth-order valence-electron chi connectivity index (χ4n) is 5.73. The van der Waals surface area contributed by atoms with E-state index in [1.165, 1.54) is 0 Å². The molecule has 20 nitrogen and oxygen atoms in total. The van der Waals surface area contributed by atoms with Crippen LogP contribution in [-0.2, 0) is 40.0 Å². The SMILES string of the molecule is CC[C@H](C)[C@H](NC(=O)[C@H](Cc1ccc(C#N)cc1)NC(=O)[C@H](CCCN=C(N)N)NC(=O)CNC(=O)[C@@H](NC(=O)[C@H](CC(C)C)NC(=O)[C@@H](N)CO)[C@@H](C)CC)C(N)=O. The monoisotopic (exact) mass is 828 g/mol. The van der Waals surface area contributed by atoms with E-state index in [-0.39, 0.29) is 50.0 Å². The molecule has 0 unspecified atom stereocenters. The van der Waals surface area contributed by atoms with Crippen LogP contribution in [0.15, 0.2) is 29.3 Å². The van der Waals surface area contributed by atoms with Gasteiger partial charge < -0.3 is 59.9 Å². The first-order valence-corrected chi connectivity index (χ1v) is 19.8. The predicted molar refractivity (Wildman–Crippen MR) is 220 cm³/mol. The summed E-state index contributed by atoms with van der Waals surface area (Å²) in [4.78, 5) is 96.4. The molecule has 1 aromatic carbocycles. The van der Waals surface area contributed by atoms with E-state index in [0.29, 0.717) is 24.0 Å². The Morgan fingerprint density at radius 1 is 0.746 bits per heavy atom. The Kier molecular flexibility index (Phi) is 22.8. The van der Waals surface area contributed by atoms with Crippen LogP contribution >= 0.6 is 0 Å². The third kappa shape index (κ3) is 18.5. The predicted octanol–water partition coefficient (Wildman–Crippen LogP) is -2.36. The van der Waals surface area contributed by atoms with Crippen LogP contribution in [0.3, 0.4) is 0 Å². The van der Waals surface area contributed by atoms with Gasteiger partial charge in [-0.05, 0) is 54.7 Å². The molecule has 0 aliphatic heterocycles. The van der Waals surface area contributed by atoms with Crippen LogP contribution < -0.4 is 54.8 Å². The molecule has 0 bridgehead atoms. The van der Waals surface area contributed by atoms with E-state index < -0.39 is 96.7 Å². The molecule has 0 aromatic heterocycles. The zero-order valence-corrected chi connectivity index (χ0v) is 34.9. The van der Waals surface area contributed by atoms with Crippen molar-refractivity contribution in [2.75, 3.05) is 19.7 Å². The summed E-state index contributed by atoms with van der Waals surface area (Å²) in [5.74, 6) is -6.11. The lowest BCUT2D eigenvalue weighted by Gasteiger charge is -2.28. The van der Waals surface area contributed by atoms with Gasteiger partial charge in [0, 0.05) is 13.0 Å². The van der Waals surface area contributed by atoms with Crippen LogP contribution in [0.25, 0.3) is 0 Å². The van der Waals surface area contributed by atoms with Gasteiger partial charge in [0.05, 0.1) is 24.8 Å². The van der Waals surface area contributed by atoms with Crippen molar-refractivity contribution in [2.45, 2.75) is 116 Å². The lowest BCUT2D eigenvalue weighted by Crippen LogP contribution is -2.59. The average Bonchev–Trinajstić information content (AvgIpc) is 3.20. The van der Waals surface area contributed by atoms with Crippen molar-refractivity contribution in [3.05, 3.63) is 35.4 Å². The molecule has 0 heterocycles. The second-order valence-corrected chi connectivity index (χ2v) is 15.0. The Morgan fingerprint density at radius 2 is 1.29 bits per heavy atom. The number of rotatable bonds is 26. The maximum absolute atomic E-state index is 13.9. The first-order chi connectivity index (χ1) is 27.8. The van der Waals surface area contributed by atoms with Crippen molar-refractivity contribution in [3.8, 4) is 6.07 Å². The standard InChI is InChI=1S/C39H64N12O8/c1-7-22(5)31(33(42)54)50-37(58)29(17-24-11-13-25(18-40)14-12-24)49-35(56)27(10-9-15-45-39(43)44)47-30(53)19-46-38(59)32(23(6)8-2)51-36(57)28(16-21(3)4)48-34(55)26(41)20-52/h11-14,21-23,26-29,31-32,52H,7-10,15-17,19-20,41H2,1-6H3,(H2,42,54)(H,46,59)(H,47,53)(H,48,55)(H,49,56)(H,50,58)(H,51,57)(H4,43,44,45)/t22-,23-,26-,27-,28-,29-,31-,32-/m0/s1. The van der Waals surface area contributed by atoms with E-state index in [0.717, 1.165) is 0 Å². The van der Waals surface area contributed by atoms with Crippen LogP contribution in [0.1, 0.15) is 84.8 Å². The van der Waals surface area contributed by atoms with E-state index in [9.17, 15) is 43.9 Å². The van der Waals surface area contributed by atoms with E-state index >= 15 is 0 Å². The summed E-state index contributed by atoms with van der Waals surface area (Å²) in [6, 6.07) is 1.32. The molecule has 0 radical (unpaired) electrons.